The molecule has 2 N–H and O–H groups in total. The Kier molecular flexibility index (Phi) is 9.32. The highest BCUT2D eigenvalue weighted by atomic mass is 19.1. The maximum atomic E-state index is 14.0. The number of nitrogens with one attached hydrogen (secondary N) is 1. The van der Waals surface area contributed by atoms with Crippen LogP contribution < -0.4 is 14.8 Å². The Labute approximate surface area is 213 Å². The van der Waals surface area contributed by atoms with Crippen molar-refractivity contribution in [2.45, 2.75) is 38.8 Å². The van der Waals surface area contributed by atoms with Gasteiger partial charge in [0.05, 0.1) is 13.2 Å². The molecule has 37 heavy (non-hydrogen) atoms. The van der Waals surface area contributed by atoms with E-state index in [1.54, 1.807) is 36.5 Å². The fraction of sp³-hybridized carbons (Fsp3) is 0.250. The highest BCUT2D eigenvalue weighted by Gasteiger charge is 2.20. The van der Waals surface area contributed by atoms with Crippen molar-refractivity contribution in [2.24, 2.45) is 0 Å². The minimum absolute atomic E-state index is 0.128. The summed E-state index contributed by atoms with van der Waals surface area (Å²) in [6.45, 7) is 5.67. The van der Waals surface area contributed by atoms with Gasteiger partial charge in [0, 0.05) is 30.3 Å². The van der Waals surface area contributed by atoms with Gasteiger partial charge in [-0.2, -0.15) is 0 Å². The van der Waals surface area contributed by atoms with Gasteiger partial charge in [-0.3, -0.25) is 9.59 Å². The molecular weight excluding hydrogens is 482 g/mol. The molecule has 0 bridgehead atoms. The van der Waals surface area contributed by atoms with Crippen LogP contribution in [0.1, 0.15) is 52.9 Å². The fourth-order valence-electron chi connectivity index (χ4n) is 3.72. The molecule has 0 saturated heterocycles. The largest absolute Gasteiger partial charge is 0.486 e. The third-order valence-corrected chi connectivity index (χ3v) is 5.54. The standard InChI is InChI=1S/C28H28F2N2O5/c1-17(2)12-24(20-10-11-31-26(14-20)36-3)32-28(35)22-13-18(4-5-19(22)6-9-27(33)34)16-37-25-15-21(29)7-8-23(25)30/h4-5,7-8,10-11,13-15,24H,1,6,9,12,16H2,2-3H3,(H,32,35)(H,33,34)/t24-/m1/s1. The van der Waals surface area contributed by atoms with Crippen LogP contribution in [0.2, 0.25) is 0 Å². The smallest absolute Gasteiger partial charge is 0.303 e. The minimum atomic E-state index is -0.996. The lowest BCUT2D eigenvalue weighted by atomic mass is 9.97. The maximum absolute atomic E-state index is 14.0. The third-order valence-electron chi connectivity index (χ3n) is 5.54. The number of rotatable bonds is 12. The lowest BCUT2D eigenvalue weighted by Crippen LogP contribution is -2.30. The molecule has 1 heterocycles. The first-order valence-electron chi connectivity index (χ1n) is 11.5. The van der Waals surface area contributed by atoms with Gasteiger partial charge in [-0.05, 0) is 60.7 Å². The molecule has 3 rings (SSSR count). The summed E-state index contributed by atoms with van der Waals surface area (Å²) in [7, 11) is 1.50. The zero-order valence-corrected chi connectivity index (χ0v) is 20.6. The van der Waals surface area contributed by atoms with E-state index in [-0.39, 0.29) is 30.8 Å². The molecule has 7 nitrogen and oxygen atoms in total. The molecule has 0 spiro atoms. The van der Waals surface area contributed by atoms with Gasteiger partial charge in [-0.25, -0.2) is 13.8 Å². The SMILES string of the molecule is C=C(C)C[C@@H](NC(=O)c1cc(COc2cc(F)ccc2F)ccc1CCC(=O)O)c1ccnc(OC)c1. The van der Waals surface area contributed by atoms with Crippen molar-refractivity contribution < 1.29 is 33.0 Å². The molecule has 1 aromatic heterocycles. The quantitative estimate of drug-likeness (QED) is 0.317. The van der Waals surface area contributed by atoms with Gasteiger partial charge in [0.1, 0.15) is 12.4 Å². The van der Waals surface area contributed by atoms with E-state index in [9.17, 15) is 18.4 Å². The number of methoxy groups -OCH3 is 1. The van der Waals surface area contributed by atoms with Gasteiger partial charge in [-0.1, -0.05) is 17.7 Å². The molecule has 0 aliphatic rings. The normalized spacial score (nSPS) is 11.5. The van der Waals surface area contributed by atoms with Crippen LogP contribution in [0.3, 0.4) is 0 Å². The molecule has 0 fully saturated rings. The molecule has 1 amide bonds. The topological polar surface area (TPSA) is 97.8 Å². The van der Waals surface area contributed by atoms with E-state index in [1.165, 1.54) is 7.11 Å². The summed E-state index contributed by atoms with van der Waals surface area (Å²) in [6, 6.07) is 10.8. The summed E-state index contributed by atoms with van der Waals surface area (Å²) in [5.41, 5.74) is 2.91. The predicted octanol–water partition coefficient (Wildman–Crippen LogP) is 5.40. The summed E-state index contributed by atoms with van der Waals surface area (Å²) in [6.07, 6.45) is 1.99. The van der Waals surface area contributed by atoms with Crippen LogP contribution in [0.4, 0.5) is 8.78 Å². The second kappa shape index (κ2) is 12.6. The second-order valence-electron chi connectivity index (χ2n) is 8.57. The van der Waals surface area contributed by atoms with Crippen LogP contribution in [0.15, 0.2) is 66.9 Å². The van der Waals surface area contributed by atoms with Gasteiger partial charge in [0.25, 0.3) is 5.91 Å². The molecule has 0 unspecified atom stereocenters. The highest BCUT2D eigenvalue weighted by Crippen LogP contribution is 2.25. The number of ether oxygens (including phenoxy) is 2. The third kappa shape index (κ3) is 7.86. The fourth-order valence-corrected chi connectivity index (χ4v) is 3.72. The first-order chi connectivity index (χ1) is 17.7. The molecular formula is C28H28F2N2O5. The van der Waals surface area contributed by atoms with Gasteiger partial charge in [0.15, 0.2) is 11.6 Å². The lowest BCUT2D eigenvalue weighted by Gasteiger charge is -2.21. The lowest BCUT2D eigenvalue weighted by molar-refractivity contribution is -0.136. The first kappa shape index (κ1) is 27.3. The molecule has 2 aromatic carbocycles. The Morgan fingerprint density at radius 3 is 2.62 bits per heavy atom. The van der Waals surface area contributed by atoms with Crippen LogP contribution >= 0.6 is 0 Å². The molecule has 9 heteroatoms. The zero-order valence-electron chi connectivity index (χ0n) is 20.6. The van der Waals surface area contributed by atoms with E-state index >= 15 is 0 Å². The molecule has 0 saturated carbocycles. The number of aryl methyl sites for hydroxylation is 1. The summed E-state index contributed by atoms with van der Waals surface area (Å²) in [5.74, 6) is -2.64. The summed E-state index contributed by atoms with van der Waals surface area (Å²) >= 11 is 0. The summed E-state index contributed by atoms with van der Waals surface area (Å²) in [5, 5.41) is 12.1. The monoisotopic (exact) mass is 510 g/mol. The van der Waals surface area contributed by atoms with Gasteiger partial charge in [0.2, 0.25) is 5.88 Å². The number of nitrogens with zero attached hydrogens (tertiary/aromatic N) is 1. The molecule has 0 radical (unpaired) electrons. The van der Waals surface area contributed by atoms with Crippen LogP contribution in [0, 0.1) is 11.6 Å². The number of benzene rings is 2. The minimum Gasteiger partial charge on any atom is -0.486 e. The first-order valence-corrected chi connectivity index (χ1v) is 11.5. The van der Waals surface area contributed by atoms with Crippen molar-refractivity contribution in [3.05, 3.63) is 101 Å². The van der Waals surface area contributed by atoms with Crippen molar-refractivity contribution in [2.75, 3.05) is 7.11 Å². The molecule has 1 atom stereocenters. The maximum Gasteiger partial charge on any atom is 0.303 e. The molecule has 0 aliphatic carbocycles. The van der Waals surface area contributed by atoms with E-state index in [0.717, 1.165) is 29.3 Å². The number of carboxylic acids is 1. The Morgan fingerprint density at radius 1 is 1.14 bits per heavy atom. The Balaban J connectivity index is 1.89. The van der Waals surface area contributed by atoms with Crippen molar-refractivity contribution in [1.82, 2.24) is 10.3 Å². The van der Waals surface area contributed by atoms with Crippen LogP contribution in [0.25, 0.3) is 0 Å². The molecule has 194 valence electrons. The number of carbonyl (C=O) groups is 2. The number of amides is 1. The Bertz CT molecular complexity index is 1300. The number of aliphatic carboxylic acids is 1. The zero-order chi connectivity index (χ0) is 26.9. The average Bonchev–Trinajstić information content (AvgIpc) is 2.87. The Morgan fingerprint density at radius 2 is 1.92 bits per heavy atom. The van der Waals surface area contributed by atoms with E-state index in [2.05, 4.69) is 16.9 Å². The summed E-state index contributed by atoms with van der Waals surface area (Å²) < 4.78 is 38.1. The number of hydrogen-bond donors (Lipinski definition) is 2. The van der Waals surface area contributed by atoms with E-state index in [4.69, 9.17) is 14.6 Å². The number of carbonyl (C=O) groups excluding carboxylic acids is 1. The van der Waals surface area contributed by atoms with Crippen LogP contribution in [0.5, 0.6) is 11.6 Å². The van der Waals surface area contributed by atoms with Crippen molar-refractivity contribution in [3.63, 3.8) is 0 Å². The van der Waals surface area contributed by atoms with Gasteiger partial charge < -0.3 is 19.9 Å². The predicted molar refractivity (Wildman–Crippen MR) is 134 cm³/mol. The van der Waals surface area contributed by atoms with Gasteiger partial charge >= 0.3 is 5.97 Å². The van der Waals surface area contributed by atoms with Crippen LogP contribution in [-0.2, 0) is 17.8 Å². The number of halogens is 2. The number of aromatic nitrogens is 1. The van der Waals surface area contributed by atoms with Gasteiger partial charge in [-0.15, -0.1) is 6.58 Å². The average molecular weight is 511 g/mol. The Hall–Kier alpha value is -4.27. The number of carboxylic acid groups (broad SMARTS) is 1. The molecule has 3 aromatic rings. The second-order valence-corrected chi connectivity index (χ2v) is 8.57. The van der Waals surface area contributed by atoms with E-state index in [1.807, 2.05) is 6.92 Å². The summed E-state index contributed by atoms with van der Waals surface area (Å²) in [4.78, 5) is 28.7. The number of pyridine rings is 1. The van der Waals surface area contributed by atoms with Crippen molar-refractivity contribution >= 4 is 11.9 Å². The van der Waals surface area contributed by atoms with Crippen molar-refractivity contribution in [3.8, 4) is 11.6 Å². The van der Waals surface area contributed by atoms with E-state index < -0.39 is 29.6 Å². The highest BCUT2D eigenvalue weighted by molar-refractivity contribution is 5.96. The van der Waals surface area contributed by atoms with E-state index in [0.29, 0.717) is 23.4 Å². The van der Waals surface area contributed by atoms with Crippen molar-refractivity contribution in [1.29, 1.82) is 0 Å². The number of hydrogen-bond acceptors (Lipinski definition) is 5. The molecule has 0 aliphatic heterocycles. The van der Waals surface area contributed by atoms with Crippen LogP contribution in [-0.4, -0.2) is 29.1 Å².